The molecule has 0 unspecified atom stereocenters. The lowest BCUT2D eigenvalue weighted by atomic mass is 10.1. The van der Waals surface area contributed by atoms with E-state index in [0.717, 1.165) is 23.5 Å². The highest BCUT2D eigenvalue weighted by atomic mass is 127. The Morgan fingerprint density at radius 3 is 2.00 bits per heavy atom. The lowest BCUT2D eigenvalue weighted by Gasteiger charge is -2.10. The summed E-state index contributed by atoms with van der Waals surface area (Å²) in [5, 5.41) is 9.70. The van der Waals surface area contributed by atoms with Gasteiger partial charge in [0.2, 0.25) is 0 Å². The van der Waals surface area contributed by atoms with Crippen LogP contribution in [0.15, 0.2) is 48.5 Å². The fourth-order valence-corrected chi connectivity index (χ4v) is 1.99. The zero-order chi connectivity index (χ0) is 13.0. The largest absolute Gasteiger partial charge is 0.457 e. The van der Waals surface area contributed by atoms with Crippen molar-refractivity contribution in [3.8, 4) is 11.5 Å². The fourth-order valence-electron chi connectivity index (χ4n) is 1.63. The Morgan fingerprint density at radius 2 is 1.50 bits per heavy atom. The quantitative estimate of drug-likeness (QED) is 0.818. The van der Waals surface area contributed by atoms with E-state index in [-0.39, 0.29) is 0 Å². The molecule has 2 aromatic rings. The van der Waals surface area contributed by atoms with Gasteiger partial charge in [0.15, 0.2) is 0 Å². The highest BCUT2D eigenvalue weighted by Crippen LogP contribution is 2.24. The number of hydrogen-bond acceptors (Lipinski definition) is 2. The normalized spacial score (nSPS) is 12.2. The Kier molecular flexibility index (Phi) is 4.60. The molecule has 2 aromatic carbocycles. The molecule has 0 amide bonds. The molecule has 0 bridgehead atoms. The van der Waals surface area contributed by atoms with Gasteiger partial charge in [0.05, 0.1) is 6.10 Å². The molecule has 0 saturated carbocycles. The van der Waals surface area contributed by atoms with Crippen LogP contribution < -0.4 is 4.74 Å². The van der Waals surface area contributed by atoms with E-state index in [1.54, 1.807) is 0 Å². The molecule has 0 saturated heterocycles. The van der Waals surface area contributed by atoms with Crippen LogP contribution in [0.5, 0.6) is 11.5 Å². The van der Waals surface area contributed by atoms with Crippen LogP contribution in [0.2, 0.25) is 0 Å². The van der Waals surface area contributed by atoms with Gasteiger partial charge in [0, 0.05) is 3.57 Å². The minimum atomic E-state index is -0.391. The molecule has 0 aliphatic rings. The number of rotatable bonds is 4. The maximum atomic E-state index is 9.70. The molecule has 0 aliphatic heterocycles. The SMILES string of the molecule is CC[C@@H](O)c1ccc(Oc2ccc(I)cc2)cc1. The first kappa shape index (κ1) is 13.4. The molecule has 2 rings (SSSR count). The number of ether oxygens (including phenoxy) is 1. The number of benzene rings is 2. The monoisotopic (exact) mass is 354 g/mol. The third kappa shape index (κ3) is 3.46. The first-order chi connectivity index (χ1) is 8.69. The molecule has 18 heavy (non-hydrogen) atoms. The van der Waals surface area contributed by atoms with Gasteiger partial charge in [0.25, 0.3) is 0 Å². The van der Waals surface area contributed by atoms with E-state index < -0.39 is 6.10 Å². The van der Waals surface area contributed by atoms with Crippen molar-refractivity contribution >= 4 is 22.6 Å². The molecule has 1 atom stereocenters. The molecular weight excluding hydrogens is 339 g/mol. The second-order valence-corrected chi connectivity index (χ2v) is 5.29. The molecule has 0 heterocycles. The minimum absolute atomic E-state index is 0.391. The van der Waals surface area contributed by atoms with Gasteiger partial charge in [-0.25, -0.2) is 0 Å². The van der Waals surface area contributed by atoms with Crippen molar-refractivity contribution in [2.24, 2.45) is 0 Å². The Balaban J connectivity index is 2.08. The molecule has 0 aliphatic carbocycles. The van der Waals surface area contributed by atoms with Crippen molar-refractivity contribution < 1.29 is 9.84 Å². The van der Waals surface area contributed by atoms with Crippen LogP contribution in [-0.2, 0) is 0 Å². The Bertz CT molecular complexity index is 491. The van der Waals surface area contributed by atoms with Crippen LogP contribution in [0.1, 0.15) is 25.0 Å². The van der Waals surface area contributed by atoms with E-state index in [9.17, 15) is 5.11 Å². The molecule has 0 spiro atoms. The number of aliphatic hydroxyl groups is 1. The highest BCUT2D eigenvalue weighted by Gasteiger charge is 2.04. The average molecular weight is 354 g/mol. The maximum Gasteiger partial charge on any atom is 0.127 e. The summed E-state index contributed by atoms with van der Waals surface area (Å²) in [5.74, 6) is 1.60. The topological polar surface area (TPSA) is 29.5 Å². The van der Waals surface area contributed by atoms with Crippen LogP contribution in [0, 0.1) is 3.57 Å². The molecule has 0 aromatic heterocycles. The molecule has 0 fully saturated rings. The van der Waals surface area contributed by atoms with E-state index in [2.05, 4.69) is 22.6 Å². The summed E-state index contributed by atoms with van der Waals surface area (Å²) in [6.45, 7) is 1.96. The van der Waals surface area contributed by atoms with Crippen molar-refractivity contribution in [1.82, 2.24) is 0 Å². The van der Waals surface area contributed by atoms with Gasteiger partial charge in [-0.2, -0.15) is 0 Å². The molecule has 94 valence electrons. The molecule has 3 heteroatoms. The first-order valence-electron chi connectivity index (χ1n) is 5.90. The first-order valence-corrected chi connectivity index (χ1v) is 6.98. The van der Waals surface area contributed by atoms with Gasteiger partial charge in [-0.15, -0.1) is 0 Å². The van der Waals surface area contributed by atoms with Crippen molar-refractivity contribution in [3.63, 3.8) is 0 Å². The number of aliphatic hydroxyl groups excluding tert-OH is 1. The van der Waals surface area contributed by atoms with Crippen LogP contribution in [0.25, 0.3) is 0 Å². The second-order valence-electron chi connectivity index (χ2n) is 4.05. The maximum absolute atomic E-state index is 9.70. The Labute approximate surface area is 121 Å². The molecule has 1 N–H and O–H groups in total. The predicted octanol–water partition coefficient (Wildman–Crippen LogP) is 4.53. The second kappa shape index (κ2) is 6.20. The fraction of sp³-hybridized carbons (Fsp3) is 0.200. The van der Waals surface area contributed by atoms with Gasteiger partial charge < -0.3 is 9.84 Å². The summed E-state index contributed by atoms with van der Waals surface area (Å²) >= 11 is 2.26. The summed E-state index contributed by atoms with van der Waals surface area (Å²) in [4.78, 5) is 0. The van der Waals surface area contributed by atoms with Gasteiger partial charge in [-0.05, 0) is 71.0 Å². The van der Waals surface area contributed by atoms with Crippen LogP contribution in [0.4, 0.5) is 0 Å². The van der Waals surface area contributed by atoms with E-state index in [4.69, 9.17) is 4.74 Å². The summed E-state index contributed by atoms with van der Waals surface area (Å²) < 4.78 is 6.90. The van der Waals surface area contributed by atoms with E-state index in [0.29, 0.717) is 0 Å². The highest BCUT2D eigenvalue weighted by molar-refractivity contribution is 14.1. The van der Waals surface area contributed by atoms with Gasteiger partial charge in [-0.1, -0.05) is 19.1 Å². The zero-order valence-electron chi connectivity index (χ0n) is 10.1. The van der Waals surface area contributed by atoms with Crippen molar-refractivity contribution in [2.75, 3.05) is 0 Å². The van der Waals surface area contributed by atoms with Crippen LogP contribution >= 0.6 is 22.6 Å². The molecular formula is C15H15IO2. The van der Waals surface area contributed by atoms with E-state index >= 15 is 0 Å². The van der Waals surface area contributed by atoms with Gasteiger partial charge in [0.1, 0.15) is 11.5 Å². The van der Waals surface area contributed by atoms with Crippen LogP contribution in [0.3, 0.4) is 0 Å². The Hall–Kier alpha value is -1.07. The number of hydrogen-bond donors (Lipinski definition) is 1. The van der Waals surface area contributed by atoms with Crippen molar-refractivity contribution in [3.05, 3.63) is 57.7 Å². The lowest BCUT2D eigenvalue weighted by molar-refractivity contribution is 0.173. The van der Waals surface area contributed by atoms with Crippen LogP contribution in [-0.4, -0.2) is 5.11 Å². The Morgan fingerprint density at radius 1 is 1.00 bits per heavy atom. The molecule has 0 radical (unpaired) electrons. The predicted molar refractivity (Wildman–Crippen MR) is 80.9 cm³/mol. The van der Waals surface area contributed by atoms with Gasteiger partial charge in [-0.3, -0.25) is 0 Å². The van der Waals surface area contributed by atoms with Crippen molar-refractivity contribution in [2.45, 2.75) is 19.4 Å². The molecule has 2 nitrogen and oxygen atoms in total. The minimum Gasteiger partial charge on any atom is -0.457 e. The van der Waals surface area contributed by atoms with Crippen molar-refractivity contribution in [1.29, 1.82) is 0 Å². The standard InChI is InChI=1S/C15H15IO2/c1-2-15(17)11-3-7-13(8-4-11)18-14-9-5-12(16)6-10-14/h3-10,15,17H,2H2,1H3/t15-/m1/s1. The number of halogens is 1. The van der Waals surface area contributed by atoms with E-state index in [1.807, 2.05) is 55.5 Å². The van der Waals surface area contributed by atoms with Gasteiger partial charge >= 0.3 is 0 Å². The van der Waals surface area contributed by atoms with E-state index in [1.165, 1.54) is 3.57 Å². The third-order valence-corrected chi connectivity index (χ3v) is 3.42. The third-order valence-electron chi connectivity index (χ3n) is 2.70. The smallest absolute Gasteiger partial charge is 0.127 e. The summed E-state index contributed by atoms with van der Waals surface area (Å²) in [6, 6.07) is 15.5. The summed E-state index contributed by atoms with van der Waals surface area (Å²) in [7, 11) is 0. The zero-order valence-corrected chi connectivity index (χ0v) is 12.3. The average Bonchev–Trinajstić information content (AvgIpc) is 2.41. The summed E-state index contributed by atoms with van der Waals surface area (Å²) in [6.07, 6.45) is 0.328. The summed E-state index contributed by atoms with van der Waals surface area (Å²) in [5.41, 5.74) is 0.924. The lowest BCUT2D eigenvalue weighted by Crippen LogP contribution is -1.94.